The number of hydrogen-bond donors (Lipinski definition) is 5. The van der Waals surface area contributed by atoms with Crippen LogP contribution in [0.3, 0.4) is 0 Å². The number of methoxy groups -OCH3 is 1. The van der Waals surface area contributed by atoms with Crippen LogP contribution in [0.15, 0.2) is 42.5 Å². The van der Waals surface area contributed by atoms with Gasteiger partial charge in [0.2, 0.25) is 0 Å². The number of carbonyl (C=O) groups is 2. The van der Waals surface area contributed by atoms with Crippen LogP contribution < -0.4 is 22.6 Å². The van der Waals surface area contributed by atoms with Crippen LogP contribution >= 0.6 is 0 Å². The molecule has 2 aromatic heterocycles. The van der Waals surface area contributed by atoms with E-state index >= 15 is 0 Å². The third kappa shape index (κ3) is 7.65. The number of hydrogen-bond acceptors (Lipinski definition) is 8. The molecule has 39 heavy (non-hydrogen) atoms. The molecule has 1 aliphatic carbocycles. The number of rotatable bonds is 10. The molecular weight excluding hydrogens is 496 g/mol. The van der Waals surface area contributed by atoms with E-state index in [0.717, 1.165) is 48.0 Å². The van der Waals surface area contributed by atoms with E-state index < -0.39 is 5.91 Å². The first kappa shape index (κ1) is 29.3. The van der Waals surface area contributed by atoms with Crippen molar-refractivity contribution in [1.82, 2.24) is 19.7 Å². The zero-order valence-corrected chi connectivity index (χ0v) is 23.0. The zero-order chi connectivity index (χ0) is 28.7. The van der Waals surface area contributed by atoms with Crippen LogP contribution in [0.4, 0.5) is 0 Å². The van der Waals surface area contributed by atoms with E-state index in [1.54, 1.807) is 7.11 Å². The van der Waals surface area contributed by atoms with Gasteiger partial charge in [-0.15, -0.1) is 0 Å². The average molecular weight is 535 g/mol. The maximum absolute atomic E-state index is 12.5. The molecule has 4 rings (SSSR count). The first-order chi connectivity index (χ1) is 18.6. The summed E-state index contributed by atoms with van der Waals surface area (Å²) in [5.41, 5.74) is 17.8. The number of aldehydes is 1. The van der Waals surface area contributed by atoms with Crippen LogP contribution in [0.5, 0.6) is 0 Å². The first-order valence-corrected chi connectivity index (χ1v) is 12.7. The molecule has 2 heterocycles. The number of imidazole rings is 1. The Bertz CT molecular complexity index is 1370. The molecule has 11 nitrogen and oxygen atoms in total. The highest BCUT2D eigenvalue weighted by Crippen LogP contribution is 2.40. The number of fused-ring (bicyclic) bond motifs is 1. The van der Waals surface area contributed by atoms with E-state index in [0.29, 0.717) is 28.4 Å². The normalized spacial score (nSPS) is 13.0. The first-order valence-electron chi connectivity index (χ1n) is 12.7. The molecule has 0 radical (unpaired) electrons. The van der Waals surface area contributed by atoms with Crippen LogP contribution in [-0.2, 0) is 22.6 Å². The van der Waals surface area contributed by atoms with Crippen LogP contribution in [0.2, 0.25) is 0 Å². The molecule has 0 bridgehead atoms. The number of nitrogens with one attached hydrogen (secondary N) is 2. The number of nitrogens with two attached hydrogens (primary N) is 3. The molecule has 8 N–H and O–H groups in total. The Morgan fingerprint density at radius 1 is 1.23 bits per heavy atom. The molecule has 1 aliphatic rings. The van der Waals surface area contributed by atoms with E-state index in [1.807, 2.05) is 55.8 Å². The van der Waals surface area contributed by atoms with Gasteiger partial charge in [-0.2, -0.15) is 0 Å². The summed E-state index contributed by atoms with van der Waals surface area (Å²) in [6.07, 6.45) is 8.27. The number of nitrogen functional groups attached to an aromatic ring is 1. The van der Waals surface area contributed by atoms with Crippen molar-refractivity contribution in [2.45, 2.75) is 52.6 Å². The molecule has 1 fully saturated rings. The highest BCUT2D eigenvalue weighted by molar-refractivity contribution is 5.95. The second-order valence-corrected chi connectivity index (χ2v) is 9.60. The maximum atomic E-state index is 12.5. The van der Waals surface area contributed by atoms with Crippen molar-refractivity contribution in [3.63, 3.8) is 0 Å². The third-order valence-electron chi connectivity index (χ3n) is 6.46. The predicted molar refractivity (Wildman–Crippen MR) is 151 cm³/mol. The molecule has 3 aromatic rings. The van der Waals surface area contributed by atoms with Crippen molar-refractivity contribution in [1.29, 1.82) is 5.41 Å². The Balaban J connectivity index is 0.000000983. The van der Waals surface area contributed by atoms with E-state index in [9.17, 15) is 9.59 Å². The fourth-order valence-corrected chi connectivity index (χ4v) is 4.17. The number of amidine groups is 1. The lowest BCUT2D eigenvalue weighted by molar-refractivity contribution is -0.117. The molecule has 0 atom stereocenters. The van der Waals surface area contributed by atoms with Gasteiger partial charge in [0.1, 0.15) is 17.2 Å². The molecule has 1 aromatic carbocycles. The standard InChI is InChI=1S/C25H30N8O2.C3H8O/c1-14-5-17(23(27)28)6-15(2)21(14)8-30-25(35)22(26)12-33(29)11-20-10-32-9-18(16-3-4-16)7-19(13-34)24(32)31-20;1-3-4-2/h5-7,9-10,12-13,16H,3-4,8,11,26,29H2,1-2H3,(H3,27,28)(H,30,35);3H2,1-2H3/b22-12-;. The van der Waals surface area contributed by atoms with Gasteiger partial charge in [-0.05, 0) is 80.0 Å². The summed E-state index contributed by atoms with van der Waals surface area (Å²) in [4.78, 5) is 28.6. The number of ether oxygens (including phenoxy) is 1. The summed E-state index contributed by atoms with van der Waals surface area (Å²) in [5.74, 6) is 6.12. The van der Waals surface area contributed by atoms with E-state index in [4.69, 9.17) is 22.7 Å². The summed E-state index contributed by atoms with van der Waals surface area (Å²) in [5, 5.41) is 11.7. The minimum absolute atomic E-state index is 0.00153. The molecule has 0 spiro atoms. The maximum Gasteiger partial charge on any atom is 0.268 e. The zero-order valence-electron chi connectivity index (χ0n) is 23.0. The number of amides is 1. The molecule has 208 valence electrons. The number of aryl methyl sites for hydroxylation is 2. The number of hydrazine groups is 1. The SMILES string of the molecule is CCOC.Cc1cc(C(=N)N)cc(C)c1CNC(=O)/C(N)=C/N(N)Cc1cn2cc(C3CC3)cc(C=O)c2n1. The minimum Gasteiger partial charge on any atom is -0.393 e. The number of benzene rings is 1. The van der Waals surface area contributed by atoms with Gasteiger partial charge in [0.05, 0.1) is 17.8 Å². The van der Waals surface area contributed by atoms with Crippen LogP contribution in [0, 0.1) is 19.3 Å². The summed E-state index contributed by atoms with van der Waals surface area (Å²) in [6, 6.07) is 5.53. The number of aromatic nitrogens is 2. The lowest BCUT2D eigenvalue weighted by Gasteiger charge is -2.15. The monoisotopic (exact) mass is 534 g/mol. The fraction of sp³-hybridized carbons (Fsp3) is 0.357. The Labute approximate surface area is 228 Å². The van der Waals surface area contributed by atoms with Crippen molar-refractivity contribution in [3.8, 4) is 0 Å². The smallest absolute Gasteiger partial charge is 0.268 e. The van der Waals surface area contributed by atoms with Gasteiger partial charge >= 0.3 is 0 Å². The molecule has 0 unspecified atom stereocenters. The molecule has 1 saturated carbocycles. The molecule has 11 heteroatoms. The van der Waals surface area contributed by atoms with Gasteiger partial charge < -0.3 is 30.9 Å². The second-order valence-electron chi connectivity index (χ2n) is 9.60. The van der Waals surface area contributed by atoms with Crippen molar-refractivity contribution in [3.05, 3.63) is 81.6 Å². The van der Waals surface area contributed by atoms with Crippen LogP contribution in [-0.4, -0.2) is 46.1 Å². The van der Waals surface area contributed by atoms with Crippen molar-refractivity contribution in [2.24, 2.45) is 17.3 Å². The Morgan fingerprint density at radius 2 is 1.87 bits per heavy atom. The summed E-state index contributed by atoms with van der Waals surface area (Å²) < 4.78 is 6.39. The van der Waals surface area contributed by atoms with Gasteiger partial charge in [0, 0.05) is 44.4 Å². The lowest BCUT2D eigenvalue weighted by Crippen LogP contribution is -2.33. The largest absolute Gasteiger partial charge is 0.393 e. The predicted octanol–water partition coefficient (Wildman–Crippen LogP) is 2.37. The van der Waals surface area contributed by atoms with E-state index in [2.05, 4.69) is 15.0 Å². The van der Waals surface area contributed by atoms with Crippen LogP contribution in [0.25, 0.3) is 5.65 Å². The summed E-state index contributed by atoms with van der Waals surface area (Å²) in [7, 11) is 1.68. The van der Waals surface area contributed by atoms with Gasteiger partial charge in [0.15, 0.2) is 6.29 Å². The third-order valence-corrected chi connectivity index (χ3v) is 6.46. The van der Waals surface area contributed by atoms with Gasteiger partial charge in [-0.25, -0.2) is 10.8 Å². The summed E-state index contributed by atoms with van der Waals surface area (Å²) >= 11 is 0. The Kier molecular flexibility index (Phi) is 9.80. The Hall–Kier alpha value is -4.22. The molecule has 1 amide bonds. The van der Waals surface area contributed by atoms with Gasteiger partial charge in [-0.3, -0.25) is 15.0 Å². The molecule has 0 aliphatic heterocycles. The Morgan fingerprint density at radius 3 is 2.41 bits per heavy atom. The fourth-order valence-electron chi connectivity index (χ4n) is 4.17. The number of pyridine rings is 1. The highest BCUT2D eigenvalue weighted by atomic mass is 16.5. The van der Waals surface area contributed by atoms with Gasteiger partial charge in [0.25, 0.3) is 5.91 Å². The van der Waals surface area contributed by atoms with Crippen molar-refractivity contribution in [2.75, 3.05) is 13.7 Å². The molecular formula is C28H38N8O3. The quantitative estimate of drug-likeness (QED) is 0.0657. The topological polar surface area (TPSA) is 178 Å². The lowest BCUT2D eigenvalue weighted by atomic mass is 9.99. The second kappa shape index (κ2) is 13.0. The van der Waals surface area contributed by atoms with Crippen molar-refractivity contribution >= 4 is 23.7 Å². The van der Waals surface area contributed by atoms with E-state index in [1.165, 1.54) is 11.2 Å². The summed E-state index contributed by atoms with van der Waals surface area (Å²) in [6.45, 7) is 7.07. The van der Waals surface area contributed by atoms with Crippen molar-refractivity contribution < 1.29 is 14.3 Å². The van der Waals surface area contributed by atoms with Gasteiger partial charge in [-0.1, -0.05) is 0 Å². The number of nitrogens with zero attached hydrogens (tertiary/aromatic N) is 3. The highest BCUT2D eigenvalue weighted by Gasteiger charge is 2.25. The minimum atomic E-state index is -0.456. The number of carbonyl (C=O) groups excluding carboxylic acids is 2. The van der Waals surface area contributed by atoms with E-state index in [-0.39, 0.29) is 24.6 Å². The molecule has 0 saturated heterocycles. The average Bonchev–Trinajstić information content (AvgIpc) is 3.67. The van der Waals surface area contributed by atoms with Crippen LogP contribution in [0.1, 0.15) is 69.6 Å².